The van der Waals surface area contributed by atoms with Crippen LogP contribution in [0, 0.1) is 11.3 Å². The van der Waals surface area contributed by atoms with Crippen LogP contribution in [0.2, 0.25) is 0 Å². The first-order valence-electron chi connectivity index (χ1n) is 7.94. The third kappa shape index (κ3) is 3.95. The van der Waals surface area contributed by atoms with Crippen LogP contribution in [0.15, 0.2) is 0 Å². The first kappa shape index (κ1) is 16.2. The second-order valence-electron chi connectivity index (χ2n) is 6.76. The molecular formula is C15H29NO3S. The van der Waals surface area contributed by atoms with Gasteiger partial charge in [-0.1, -0.05) is 20.8 Å². The van der Waals surface area contributed by atoms with Gasteiger partial charge in [0.15, 0.2) is 0 Å². The second-order valence-corrected chi connectivity index (χ2v) is 9.24. The Morgan fingerprint density at radius 1 is 1.35 bits per heavy atom. The van der Waals surface area contributed by atoms with Crippen LogP contribution in [0.4, 0.5) is 0 Å². The minimum atomic E-state index is -2.90. The predicted molar refractivity (Wildman–Crippen MR) is 81.6 cm³/mol. The van der Waals surface area contributed by atoms with Gasteiger partial charge >= 0.3 is 0 Å². The minimum absolute atomic E-state index is 0.0215. The van der Waals surface area contributed by atoms with Gasteiger partial charge < -0.3 is 10.1 Å². The van der Waals surface area contributed by atoms with Gasteiger partial charge in [0.2, 0.25) is 0 Å². The Hall–Kier alpha value is -0.130. The standard InChI is InChI=1S/C15H29NO3S/c1-4-20(17,18)10-8-15(11-16-12(2)3)7-9-19-14(15)13-5-6-13/h12-14,16H,4-11H2,1-3H3. The fraction of sp³-hybridized carbons (Fsp3) is 1.00. The van der Waals surface area contributed by atoms with E-state index in [1.165, 1.54) is 12.8 Å². The Morgan fingerprint density at radius 3 is 2.60 bits per heavy atom. The van der Waals surface area contributed by atoms with E-state index >= 15 is 0 Å². The Morgan fingerprint density at radius 2 is 2.05 bits per heavy atom. The Bertz CT molecular complexity index is 417. The maximum absolute atomic E-state index is 11.9. The molecular weight excluding hydrogens is 274 g/mol. The summed E-state index contributed by atoms with van der Waals surface area (Å²) >= 11 is 0. The van der Waals surface area contributed by atoms with Crippen LogP contribution in [-0.2, 0) is 14.6 Å². The Kier molecular flexibility index (Phi) is 5.14. The lowest BCUT2D eigenvalue weighted by molar-refractivity contribution is 0.0283. The third-order valence-corrected chi connectivity index (χ3v) is 6.47. The van der Waals surface area contributed by atoms with Crippen LogP contribution >= 0.6 is 0 Å². The summed E-state index contributed by atoms with van der Waals surface area (Å²) in [6.07, 6.45) is 4.49. The third-order valence-electron chi connectivity index (χ3n) is 4.76. The lowest BCUT2D eigenvalue weighted by Crippen LogP contribution is -2.45. The monoisotopic (exact) mass is 303 g/mol. The fourth-order valence-corrected chi connectivity index (χ4v) is 4.20. The van der Waals surface area contributed by atoms with Crippen molar-refractivity contribution in [3.63, 3.8) is 0 Å². The molecule has 5 heteroatoms. The molecule has 2 rings (SSSR count). The minimum Gasteiger partial charge on any atom is -0.377 e. The van der Waals surface area contributed by atoms with E-state index in [0.717, 1.165) is 26.0 Å². The predicted octanol–water partition coefficient (Wildman–Crippen LogP) is 1.99. The van der Waals surface area contributed by atoms with Gasteiger partial charge in [-0.25, -0.2) is 8.42 Å². The summed E-state index contributed by atoms with van der Waals surface area (Å²) in [6, 6.07) is 0.426. The summed E-state index contributed by atoms with van der Waals surface area (Å²) in [5.74, 6) is 1.21. The van der Waals surface area contributed by atoms with Crippen LogP contribution in [-0.4, -0.2) is 45.2 Å². The molecule has 1 saturated heterocycles. The maximum atomic E-state index is 11.9. The summed E-state index contributed by atoms with van der Waals surface area (Å²) in [5.41, 5.74) is 0.0215. The average molecular weight is 303 g/mol. The fourth-order valence-electron chi connectivity index (χ4n) is 3.20. The van der Waals surface area contributed by atoms with Gasteiger partial charge in [0.05, 0.1) is 11.9 Å². The molecule has 118 valence electrons. The van der Waals surface area contributed by atoms with E-state index in [1.807, 2.05) is 0 Å². The topological polar surface area (TPSA) is 55.4 Å². The first-order chi connectivity index (χ1) is 9.38. The molecule has 0 spiro atoms. The molecule has 0 aromatic heterocycles. The molecule has 20 heavy (non-hydrogen) atoms. The number of hydrogen-bond acceptors (Lipinski definition) is 4. The van der Waals surface area contributed by atoms with Crippen LogP contribution in [0.3, 0.4) is 0 Å². The normalized spacial score (nSPS) is 31.1. The Labute approximate surface area is 123 Å². The molecule has 2 atom stereocenters. The highest BCUT2D eigenvalue weighted by Crippen LogP contribution is 2.49. The van der Waals surface area contributed by atoms with Crippen LogP contribution in [0.25, 0.3) is 0 Å². The largest absolute Gasteiger partial charge is 0.377 e. The van der Waals surface area contributed by atoms with E-state index in [9.17, 15) is 8.42 Å². The Balaban J connectivity index is 2.06. The van der Waals surface area contributed by atoms with Crippen molar-refractivity contribution in [2.24, 2.45) is 11.3 Å². The number of nitrogens with one attached hydrogen (secondary N) is 1. The second kappa shape index (κ2) is 6.32. The van der Waals surface area contributed by atoms with Gasteiger partial charge in [0.1, 0.15) is 9.84 Å². The van der Waals surface area contributed by atoms with E-state index < -0.39 is 9.84 Å². The van der Waals surface area contributed by atoms with Crippen molar-refractivity contribution >= 4 is 9.84 Å². The van der Waals surface area contributed by atoms with Crippen LogP contribution in [0.5, 0.6) is 0 Å². The van der Waals surface area contributed by atoms with Gasteiger partial charge in [-0.05, 0) is 31.6 Å². The van der Waals surface area contributed by atoms with Crippen molar-refractivity contribution in [3.05, 3.63) is 0 Å². The van der Waals surface area contributed by atoms with Crippen molar-refractivity contribution in [1.29, 1.82) is 0 Å². The van der Waals surface area contributed by atoms with Gasteiger partial charge in [-0.3, -0.25) is 0 Å². The molecule has 0 amide bonds. The van der Waals surface area contributed by atoms with Crippen molar-refractivity contribution in [3.8, 4) is 0 Å². The van der Waals surface area contributed by atoms with Gasteiger partial charge in [-0.15, -0.1) is 0 Å². The molecule has 2 aliphatic rings. The molecule has 2 fully saturated rings. The molecule has 1 heterocycles. The van der Waals surface area contributed by atoms with E-state index in [1.54, 1.807) is 6.92 Å². The molecule has 0 aromatic rings. The van der Waals surface area contributed by atoms with Gasteiger partial charge in [0.25, 0.3) is 0 Å². The SMILES string of the molecule is CCS(=O)(=O)CCC1(CNC(C)C)CCOC1C1CC1. The molecule has 1 N–H and O–H groups in total. The molecule has 0 radical (unpaired) electrons. The number of ether oxygens (including phenoxy) is 1. The lowest BCUT2D eigenvalue weighted by Gasteiger charge is -2.35. The molecule has 1 saturated carbocycles. The van der Waals surface area contributed by atoms with Crippen molar-refractivity contribution < 1.29 is 13.2 Å². The average Bonchev–Trinajstić information content (AvgIpc) is 3.16. The highest BCUT2D eigenvalue weighted by molar-refractivity contribution is 7.91. The van der Waals surface area contributed by atoms with E-state index in [0.29, 0.717) is 17.7 Å². The van der Waals surface area contributed by atoms with E-state index in [-0.39, 0.29) is 17.3 Å². The van der Waals surface area contributed by atoms with Crippen molar-refractivity contribution in [2.75, 3.05) is 24.7 Å². The molecule has 0 aromatic carbocycles. The lowest BCUT2D eigenvalue weighted by atomic mass is 9.76. The smallest absolute Gasteiger partial charge is 0.150 e. The highest BCUT2D eigenvalue weighted by atomic mass is 32.2. The highest BCUT2D eigenvalue weighted by Gasteiger charge is 2.50. The zero-order chi connectivity index (χ0) is 14.8. The molecule has 0 bridgehead atoms. The zero-order valence-electron chi connectivity index (χ0n) is 13.0. The molecule has 1 aliphatic heterocycles. The van der Waals surface area contributed by atoms with Crippen molar-refractivity contribution in [1.82, 2.24) is 5.32 Å². The number of hydrogen-bond donors (Lipinski definition) is 1. The summed E-state index contributed by atoms with van der Waals surface area (Å²) in [4.78, 5) is 0. The maximum Gasteiger partial charge on any atom is 0.150 e. The zero-order valence-corrected chi connectivity index (χ0v) is 13.8. The quantitative estimate of drug-likeness (QED) is 0.745. The summed E-state index contributed by atoms with van der Waals surface area (Å²) in [5, 5.41) is 3.52. The number of sulfone groups is 1. The number of rotatable bonds is 8. The molecule has 4 nitrogen and oxygen atoms in total. The first-order valence-corrected chi connectivity index (χ1v) is 9.76. The van der Waals surface area contributed by atoms with Crippen LogP contribution < -0.4 is 5.32 Å². The van der Waals surface area contributed by atoms with Gasteiger partial charge in [0, 0.05) is 30.4 Å². The molecule has 1 aliphatic carbocycles. The molecule has 2 unspecified atom stereocenters. The summed E-state index contributed by atoms with van der Waals surface area (Å²) < 4.78 is 29.7. The van der Waals surface area contributed by atoms with Crippen LogP contribution in [0.1, 0.15) is 46.5 Å². The van der Waals surface area contributed by atoms with Gasteiger partial charge in [-0.2, -0.15) is 0 Å². The van der Waals surface area contributed by atoms with E-state index in [4.69, 9.17) is 4.74 Å². The van der Waals surface area contributed by atoms with Crippen molar-refractivity contribution in [2.45, 2.75) is 58.6 Å². The summed E-state index contributed by atoms with van der Waals surface area (Å²) in [6.45, 7) is 7.67. The van der Waals surface area contributed by atoms with E-state index in [2.05, 4.69) is 19.2 Å². The summed E-state index contributed by atoms with van der Waals surface area (Å²) in [7, 11) is -2.90.